The lowest BCUT2D eigenvalue weighted by Crippen LogP contribution is -2.20. The highest BCUT2D eigenvalue weighted by atomic mass is 32.2. The fraction of sp³-hybridized carbons (Fsp3) is 0.538. The molecule has 1 heterocycles. The zero-order chi connectivity index (χ0) is 13.7. The molecule has 0 bridgehead atoms. The van der Waals surface area contributed by atoms with Crippen LogP contribution in [0.4, 0.5) is 5.82 Å². The highest BCUT2D eigenvalue weighted by Gasteiger charge is 2.11. The first-order valence-electron chi connectivity index (χ1n) is 5.89. The molecule has 1 aromatic rings. The molecule has 0 saturated heterocycles. The van der Waals surface area contributed by atoms with Crippen molar-refractivity contribution in [2.45, 2.75) is 33.2 Å². The number of nitrogens with one attached hydrogen (secondary N) is 1. The Kier molecular flexibility index (Phi) is 5.29. The molecule has 2 unspecified atom stereocenters. The van der Waals surface area contributed by atoms with Gasteiger partial charge in [-0.3, -0.25) is 4.21 Å². The van der Waals surface area contributed by atoms with Crippen molar-refractivity contribution < 1.29 is 4.21 Å². The number of aromatic nitrogens is 1. The Morgan fingerprint density at radius 2 is 2.22 bits per heavy atom. The van der Waals surface area contributed by atoms with Gasteiger partial charge in [0.05, 0.1) is 5.56 Å². The molecule has 1 aromatic heterocycles. The minimum absolute atomic E-state index is 0.148. The first-order chi connectivity index (χ1) is 8.43. The van der Waals surface area contributed by atoms with Gasteiger partial charge in [0.1, 0.15) is 11.9 Å². The van der Waals surface area contributed by atoms with Crippen molar-refractivity contribution in [1.29, 1.82) is 5.26 Å². The van der Waals surface area contributed by atoms with Gasteiger partial charge in [-0.15, -0.1) is 0 Å². The van der Waals surface area contributed by atoms with E-state index in [0.29, 0.717) is 17.1 Å². The van der Waals surface area contributed by atoms with Crippen molar-refractivity contribution in [3.05, 3.63) is 22.9 Å². The quantitative estimate of drug-likeness (QED) is 0.885. The van der Waals surface area contributed by atoms with Gasteiger partial charge in [-0.05, 0) is 38.8 Å². The Balaban J connectivity index is 2.84. The molecule has 5 heteroatoms. The second kappa shape index (κ2) is 6.50. The summed E-state index contributed by atoms with van der Waals surface area (Å²) in [5, 5.41) is 12.4. The van der Waals surface area contributed by atoms with Crippen molar-refractivity contribution in [3.8, 4) is 6.07 Å². The molecule has 2 atom stereocenters. The maximum Gasteiger partial charge on any atom is 0.144 e. The SMILES string of the molecule is Cc1cc(C)c(C#N)c(NC(C)CCS(C)=O)n1. The van der Waals surface area contributed by atoms with E-state index >= 15 is 0 Å². The molecule has 1 rings (SSSR count). The molecule has 0 aliphatic heterocycles. The lowest BCUT2D eigenvalue weighted by molar-refractivity contribution is 0.678. The third-order valence-corrected chi connectivity index (χ3v) is 3.49. The number of aryl methyl sites for hydroxylation is 2. The van der Waals surface area contributed by atoms with Crippen LogP contribution >= 0.6 is 0 Å². The van der Waals surface area contributed by atoms with Crippen LogP contribution < -0.4 is 5.32 Å². The molecule has 18 heavy (non-hydrogen) atoms. The molecular formula is C13H19N3OS. The largest absolute Gasteiger partial charge is 0.366 e. The number of hydrogen-bond donors (Lipinski definition) is 1. The second-order valence-electron chi connectivity index (χ2n) is 4.53. The lowest BCUT2D eigenvalue weighted by Gasteiger charge is -2.16. The summed E-state index contributed by atoms with van der Waals surface area (Å²) < 4.78 is 11.0. The van der Waals surface area contributed by atoms with Gasteiger partial charge in [0.2, 0.25) is 0 Å². The summed E-state index contributed by atoms with van der Waals surface area (Å²) in [6, 6.07) is 4.22. The topological polar surface area (TPSA) is 65.8 Å². The molecule has 0 aromatic carbocycles. The summed E-state index contributed by atoms with van der Waals surface area (Å²) in [4.78, 5) is 4.36. The van der Waals surface area contributed by atoms with Crippen LogP contribution in [0, 0.1) is 25.2 Å². The summed E-state index contributed by atoms with van der Waals surface area (Å²) >= 11 is 0. The van der Waals surface area contributed by atoms with Crippen molar-refractivity contribution >= 4 is 16.6 Å². The maximum atomic E-state index is 11.0. The standard InChI is InChI=1S/C13H19N3OS/c1-9-7-11(3)16-13(12(9)8-14)15-10(2)5-6-18(4)17/h7,10H,5-6H2,1-4H3,(H,15,16). The molecule has 0 aliphatic carbocycles. The minimum atomic E-state index is -0.785. The van der Waals surface area contributed by atoms with Gasteiger partial charge < -0.3 is 5.32 Å². The molecule has 0 amide bonds. The van der Waals surface area contributed by atoms with Crippen molar-refractivity contribution in [2.24, 2.45) is 0 Å². The van der Waals surface area contributed by atoms with Crippen molar-refractivity contribution in [2.75, 3.05) is 17.3 Å². The van der Waals surface area contributed by atoms with Crippen molar-refractivity contribution in [3.63, 3.8) is 0 Å². The number of pyridine rings is 1. The predicted molar refractivity (Wildman–Crippen MR) is 75.1 cm³/mol. The summed E-state index contributed by atoms with van der Waals surface area (Å²) in [7, 11) is -0.785. The number of hydrogen-bond acceptors (Lipinski definition) is 4. The van der Waals surface area contributed by atoms with E-state index in [0.717, 1.165) is 17.7 Å². The van der Waals surface area contributed by atoms with Gasteiger partial charge in [0.25, 0.3) is 0 Å². The highest BCUT2D eigenvalue weighted by molar-refractivity contribution is 7.84. The molecule has 98 valence electrons. The fourth-order valence-electron chi connectivity index (χ4n) is 1.73. The van der Waals surface area contributed by atoms with E-state index < -0.39 is 10.8 Å². The molecular weight excluding hydrogens is 246 g/mol. The predicted octanol–water partition coefficient (Wildman–Crippen LogP) is 2.14. The molecule has 0 radical (unpaired) electrons. The van der Waals surface area contributed by atoms with E-state index in [1.54, 1.807) is 6.26 Å². The van der Waals surface area contributed by atoms with Crippen LogP contribution in [-0.2, 0) is 10.8 Å². The van der Waals surface area contributed by atoms with E-state index in [1.165, 1.54) is 0 Å². The summed E-state index contributed by atoms with van der Waals surface area (Å²) in [6.07, 6.45) is 2.49. The molecule has 1 N–H and O–H groups in total. The minimum Gasteiger partial charge on any atom is -0.366 e. The molecule has 4 nitrogen and oxygen atoms in total. The Morgan fingerprint density at radius 3 is 2.78 bits per heavy atom. The molecule has 0 spiro atoms. The lowest BCUT2D eigenvalue weighted by atomic mass is 10.1. The number of anilines is 1. The Morgan fingerprint density at radius 1 is 1.56 bits per heavy atom. The maximum absolute atomic E-state index is 11.0. The molecule has 0 aliphatic rings. The first-order valence-corrected chi connectivity index (χ1v) is 7.61. The smallest absolute Gasteiger partial charge is 0.144 e. The van der Waals surface area contributed by atoms with E-state index in [4.69, 9.17) is 5.26 Å². The van der Waals surface area contributed by atoms with E-state index in [2.05, 4.69) is 16.4 Å². The average molecular weight is 265 g/mol. The zero-order valence-electron chi connectivity index (χ0n) is 11.3. The van der Waals surface area contributed by atoms with Gasteiger partial charge in [-0.2, -0.15) is 5.26 Å². The Labute approximate surface area is 111 Å². The Hall–Kier alpha value is -1.41. The van der Waals surface area contributed by atoms with Crippen LogP contribution in [-0.4, -0.2) is 27.2 Å². The summed E-state index contributed by atoms with van der Waals surface area (Å²) in [6.45, 7) is 5.82. The van der Waals surface area contributed by atoms with Gasteiger partial charge in [-0.25, -0.2) is 4.98 Å². The monoisotopic (exact) mass is 265 g/mol. The third kappa shape index (κ3) is 4.11. The van der Waals surface area contributed by atoms with Crippen LogP contribution in [0.15, 0.2) is 6.07 Å². The summed E-state index contributed by atoms with van der Waals surface area (Å²) in [5.41, 5.74) is 2.41. The number of nitriles is 1. The van der Waals surface area contributed by atoms with Crippen LogP contribution in [0.5, 0.6) is 0 Å². The van der Waals surface area contributed by atoms with Gasteiger partial charge >= 0.3 is 0 Å². The van der Waals surface area contributed by atoms with Crippen molar-refractivity contribution in [1.82, 2.24) is 4.98 Å². The molecule has 0 saturated carbocycles. The van der Waals surface area contributed by atoms with E-state index in [9.17, 15) is 4.21 Å². The first kappa shape index (κ1) is 14.7. The highest BCUT2D eigenvalue weighted by Crippen LogP contribution is 2.18. The van der Waals surface area contributed by atoms with E-state index in [1.807, 2.05) is 26.8 Å². The van der Waals surface area contributed by atoms with Crippen LogP contribution in [0.3, 0.4) is 0 Å². The molecule has 0 fully saturated rings. The fourth-order valence-corrected chi connectivity index (χ4v) is 2.42. The van der Waals surface area contributed by atoms with E-state index in [-0.39, 0.29) is 6.04 Å². The van der Waals surface area contributed by atoms with Crippen LogP contribution in [0.2, 0.25) is 0 Å². The van der Waals surface area contributed by atoms with Crippen LogP contribution in [0.1, 0.15) is 30.2 Å². The third-order valence-electron chi connectivity index (χ3n) is 2.68. The second-order valence-corrected chi connectivity index (χ2v) is 6.08. The normalized spacial score (nSPS) is 13.7. The Bertz CT molecular complexity index is 494. The number of rotatable bonds is 5. The zero-order valence-corrected chi connectivity index (χ0v) is 12.1. The van der Waals surface area contributed by atoms with Gasteiger partial charge in [0, 0.05) is 34.5 Å². The number of nitrogens with zero attached hydrogens (tertiary/aromatic N) is 2. The summed E-state index contributed by atoms with van der Waals surface area (Å²) in [5.74, 6) is 1.28. The van der Waals surface area contributed by atoms with Crippen LogP contribution in [0.25, 0.3) is 0 Å². The average Bonchev–Trinajstić information content (AvgIpc) is 2.26. The van der Waals surface area contributed by atoms with Gasteiger partial charge in [0.15, 0.2) is 0 Å². The van der Waals surface area contributed by atoms with Gasteiger partial charge in [-0.1, -0.05) is 0 Å².